The van der Waals surface area contributed by atoms with Gasteiger partial charge in [0.05, 0.1) is 6.54 Å². The largest absolute Gasteiger partial charge is 0.376 e. The van der Waals surface area contributed by atoms with Crippen LogP contribution in [0.1, 0.15) is 15.9 Å². The number of hydrogen-bond acceptors (Lipinski definition) is 3. The molecule has 2 aromatic rings. The third kappa shape index (κ3) is 4.47. The van der Waals surface area contributed by atoms with Crippen LogP contribution in [0.5, 0.6) is 0 Å². The summed E-state index contributed by atoms with van der Waals surface area (Å²) >= 11 is 6.04. The van der Waals surface area contributed by atoms with E-state index in [9.17, 15) is 9.59 Å². The Hall–Kier alpha value is -2.53. The van der Waals surface area contributed by atoms with Crippen molar-refractivity contribution in [1.29, 1.82) is 0 Å². The van der Waals surface area contributed by atoms with E-state index in [1.807, 2.05) is 19.1 Å². The molecule has 0 aromatic heterocycles. The number of hydrogen-bond donors (Lipinski definition) is 3. The van der Waals surface area contributed by atoms with Gasteiger partial charge in [-0.3, -0.25) is 9.59 Å². The minimum absolute atomic E-state index is 0.123. The fourth-order valence-corrected chi connectivity index (χ4v) is 2.20. The van der Waals surface area contributed by atoms with Gasteiger partial charge in [-0.1, -0.05) is 17.7 Å². The third-order valence-electron chi connectivity index (χ3n) is 3.36. The maximum atomic E-state index is 12.0. The standard InChI is InChI=1S/C17H18ClN3O2/c1-11-14(18)4-3-5-15(11)20-10-16(22)21-13-8-6-12(7-9-13)17(23)19-2/h3-9,20H,10H2,1-2H3,(H,19,23)(H,21,22). The molecule has 2 amide bonds. The molecule has 0 bridgehead atoms. The van der Waals surface area contributed by atoms with Crippen molar-refractivity contribution in [3.63, 3.8) is 0 Å². The summed E-state index contributed by atoms with van der Waals surface area (Å²) in [5, 5.41) is 9.01. The molecule has 23 heavy (non-hydrogen) atoms. The molecule has 0 saturated carbocycles. The van der Waals surface area contributed by atoms with Crippen LogP contribution in [-0.2, 0) is 4.79 Å². The maximum absolute atomic E-state index is 12.0. The first-order chi connectivity index (χ1) is 11.0. The second kappa shape index (κ2) is 7.65. The van der Waals surface area contributed by atoms with Crippen LogP contribution in [0.3, 0.4) is 0 Å². The molecule has 0 saturated heterocycles. The van der Waals surface area contributed by atoms with Gasteiger partial charge < -0.3 is 16.0 Å². The highest BCUT2D eigenvalue weighted by Crippen LogP contribution is 2.22. The molecule has 0 spiro atoms. The summed E-state index contributed by atoms with van der Waals surface area (Å²) in [6.45, 7) is 2.01. The Kier molecular flexibility index (Phi) is 5.60. The fraction of sp³-hybridized carbons (Fsp3) is 0.176. The molecule has 2 rings (SSSR count). The fourth-order valence-electron chi connectivity index (χ4n) is 2.03. The van der Waals surface area contributed by atoms with E-state index in [1.54, 1.807) is 37.4 Å². The van der Waals surface area contributed by atoms with E-state index in [1.165, 1.54) is 0 Å². The van der Waals surface area contributed by atoms with Crippen LogP contribution in [0.4, 0.5) is 11.4 Å². The van der Waals surface area contributed by atoms with Crippen molar-refractivity contribution in [2.75, 3.05) is 24.2 Å². The normalized spacial score (nSPS) is 10.0. The highest BCUT2D eigenvalue weighted by molar-refractivity contribution is 6.31. The zero-order valence-electron chi connectivity index (χ0n) is 12.9. The van der Waals surface area contributed by atoms with Crippen molar-refractivity contribution in [3.05, 3.63) is 58.6 Å². The van der Waals surface area contributed by atoms with Crippen LogP contribution in [-0.4, -0.2) is 25.4 Å². The molecule has 0 heterocycles. The number of rotatable bonds is 5. The first-order valence-corrected chi connectivity index (χ1v) is 7.50. The van der Waals surface area contributed by atoms with Gasteiger partial charge in [-0.15, -0.1) is 0 Å². The van der Waals surface area contributed by atoms with E-state index in [-0.39, 0.29) is 18.4 Å². The molecule has 0 aliphatic rings. The van der Waals surface area contributed by atoms with Crippen LogP contribution < -0.4 is 16.0 Å². The summed E-state index contributed by atoms with van der Waals surface area (Å²) in [5.41, 5.74) is 2.89. The molecule has 0 unspecified atom stereocenters. The Morgan fingerprint density at radius 2 is 1.78 bits per heavy atom. The van der Waals surface area contributed by atoms with E-state index >= 15 is 0 Å². The van der Waals surface area contributed by atoms with Gasteiger partial charge >= 0.3 is 0 Å². The predicted molar refractivity (Wildman–Crippen MR) is 93.1 cm³/mol. The summed E-state index contributed by atoms with van der Waals surface area (Å²) < 4.78 is 0. The number of carbonyl (C=O) groups excluding carboxylic acids is 2. The first-order valence-electron chi connectivity index (χ1n) is 7.12. The molecule has 3 N–H and O–H groups in total. The maximum Gasteiger partial charge on any atom is 0.251 e. The smallest absolute Gasteiger partial charge is 0.251 e. The Morgan fingerprint density at radius 3 is 2.43 bits per heavy atom. The summed E-state index contributed by atoms with van der Waals surface area (Å²) in [5.74, 6) is -0.349. The van der Waals surface area contributed by atoms with Crippen molar-refractivity contribution in [1.82, 2.24) is 5.32 Å². The zero-order chi connectivity index (χ0) is 16.8. The lowest BCUT2D eigenvalue weighted by atomic mass is 10.2. The van der Waals surface area contributed by atoms with Gasteiger partial charge in [0, 0.05) is 29.0 Å². The summed E-state index contributed by atoms with van der Waals surface area (Å²) in [6, 6.07) is 12.2. The van der Waals surface area contributed by atoms with Crippen LogP contribution in [0.25, 0.3) is 0 Å². The van der Waals surface area contributed by atoms with Gasteiger partial charge in [0.25, 0.3) is 5.91 Å². The van der Waals surface area contributed by atoms with Crippen molar-refractivity contribution in [2.45, 2.75) is 6.92 Å². The second-order valence-electron chi connectivity index (χ2n) is 4.97. The molecule has 0 atom stereocenters. The van der Waals surface area contributed by atoms with Gasteiger partial charge in [-0.2, -0.15) is 0 Å². The highest BCUT2D eigenvalue weighted by Gasteiger charge is 2.07. The van der Waals surface area contributed by atoms with E-state index in [0.29, 0.717) is 16.3 Å². The van der Waals surface area contributed by atoms with E-state index < -0.39 is 0 Å². The van der Waals surface area contributed by atoms with E-state index in [4.69, 9.17) is 11.6 Å². The molecule has 0 aliphatic carbocycles. The summed E-state index contributed by atoms with van der Waals surface area (Å²) in [6.07, 6.45) is 0. The van der Waals surface area contributed by atoms with E-state index in [0.717, 1.165) is 11.3 Å². The number of carbonyl (C=O) groups is 2. The minimum Gasteiger partial charge on any atom is -0.376 e. The molecule has 120 valence electrons. The molecule has 2 aromatic carbocycles. The Balaban J connectivity index is 1.92. The minimum atomic E-state index is -0.183. The van der Waals surface area contributed by atoms with Crippen LogP contribution in [0.15, 0.2) is 42.5 Å². The van der Waals surface area contributed by atoms with Crippen LogP contribution in [0, 0.1) is 6.92 Å². The summed E-state index contributed by atoms with van der Waals surface area (Å²) in [7, 11) is 1.57. The quantitative estimate of drug-likeness (QED) is 0.788. The molecular formula is C17H18ClN3O2. The van der Waals surface area contributed by atoms with Gasteiger partial charge in [-0.25, -0.2) is 0 Å². The van der Waals surface area contributed by atoms with Gasteiger partial charge in [0.1, 0.15) is 0 Å². The number of nitrogens with one attached hydrogen (secondary N) is 3. The zero-order valence-corrected chi connectivity index (χ0v) is 13.7. The molecular weight excluding hydrogens is 314 g/mol. The first kappa shape index (κ1) is 16.8. The highest BCUT2D eigenvalue weighted by atomic mass is 35.5. The monoisotopic (exact) mass is 331 g/mol. The van der Waals surface area contributed by atoms with Gasteiger partial charge in [-0.05, 0) is 48.9 Å². The van der Waals surface area contributed by atoms with Crippen LogP contribution in [0.2, 0.25) is 5.02 Å². The lowest BCUT2D eigenvalue weighted by molar-refractivity contribution is -0.114. The number of benzene rings is 2. The van der Waals surface area contributed by atoms with Gasteiger partial charge in [0.15, 0.2) is 0 Å². The third-order valence-corrected chi connectivity index (χ3v) is 3.77. The molecule has 5 nitrogen and oxygen atoms in total. The van der Waals surface area contributed by atoms with Gasteiger partial charge in [0.2, 0.25) is 5.91 Å². The lowest BCUT2D eigenvalue weighted by Gasteiger charge is -2.11. The molecule has 6 heteroatoms. The summed E-state index contributed by atoms with van der Waals surface area (Å²) in [4.78, 5) is 23.4. The van der Waals surface area contributed by atoms with Crippen molar-refractivity contribution in [3.8, 4) is 0 Å². The predicted octanol–water partition coefficient (Wildman–Crippen LogP) is 3.06. The SMILES string of the molecule is CNC(=O)c1ccc(NC(=O)CNc2cccc(Cl)c2C)cc1. The molecule has 0 radical (unpaired) electrons. The topological polar surface area (TPSA) is 70.2 Å². The molecule has 0 fully saturated rings. The van der Waals surface area contributed by atoms with Crippen molar-refractivity contribution >= 4 is 34.8 Å². The van der Waals surface area contributed by atoms with Crippen molar-refractivity contribution in [2.24, 2.45) is 0 Å². The lowest BCUT2D eigenvalue weighted by Crippen LogP contribution is -2.22. The van der Waals surface area contributed by atoms with Crippen LogP contribution >= 0.6 is 11.6 Å². The van der Waals surface area contributed by atoms with E-state index in [2.05, 4.69) is 16.0 Å². The average Bonchev–Trinajstić information content (AvgIpc) is 2.56. The Bertz CT molecular complexity index is 714. The molecule has 0 aliphatic heterocycles. The number of anilines is 2. The number of amides is 2. The Labute approximate surface area is 140 Å². The second-order valence-corrected chi connectivity index (χ2v) is 5.38. The Morgan fingerprint density at radius 1 is 1.09 bits per heavy atom. The average molecular weight is 332 g/mol. The number of halogens is 1. The van der Waals surface area contributed by atoms with Crippen molar-refractivity contribution < 1.29 is 9.59 Å².